The number of ketones is 1. The highest BCUT2D eigenvalue weighted by Crippen LogP contribution is 2.37. The van der Waals surface area contributed by atoms with Gasteiger partial charge in [-0.25, -0.2) is 4.79 Å². The van der Waals surface area contributed by atoms with Gasteiger partial charge in [-0.1, -0.05) is 0 Å². The fraction of sp³-hybridized carbons (Fsp3) is 0.600. The molecule has 0 bridgehead atoms. The van der Waals surface area contributed by atoms with Gasteiger partial charge < -0.3 is 9.47 Å². The van der Waals surface area contributed by atoms with Crippen molar-refractivity contribution in [3.63, 3.8) is 0 Å². The summed E-state index contributed by atoms with van der Waals surface area (Å²) in [7, 11) is 0. The number of hydrogen-bond acceptors (Lipinski definition) is 4. The number of carbonyl (C=O) groups excluding carboxylic acids is 2. The van der Waals surface area contributed by atoms with Crippen LogP contribution in [0.15, 0.2) is 11.8 Å². The topological polar surface area (TPSA) is 52.6 Å². The zero-order chi connectivity index (χ0) is 15.3. The second kappa shape index (κ2) is 6.48. The van der Waals surface area contributed by atoms with E-state index in [0.29, 0.717) is 0 Å². The molecule has 0 fully saturated rings. The van der Waals surface area contributed by atoms with Crippen LogP contribution in [0.4, 0.5) is 22.0 Å². The van der Waals surface area contributed by atoms with Crippen LogP contribution in [-0.4, -0.2) is 37.1 Å². The third kappa shape index (κ3) is 4.18. The van der Waals surface area contributed by atoms with Crippen LogP contribution in [0.25, 0.3) is 0 Å². The lowest BCUT2D eigenvalue weighted by molar-refractivity contribution is -0.266. The number of rotatable bonds is 6. The van der Waals surface area contributed by atoms with Crippen LogP contribution in [0.1, 0.15) is 13.8 Å². The SMILES string of the molecule is CCOC=C(C(=O)OCC)C(=O)C(F)(F)C(F)(F)F. The zero-order valence-corrected chi connectivity index (χ0v) is 10.0. The Hall–Kier alpha value is -1.67. The van der Waals surface area contributed by atoms with E-state index in [1.807, 2.05) is 0 Å². The van der Waals surface area contributed by atoms with E-state index in [1.165, 1.54) is 13.8 Å². The Balaban J connectivity index is 5.40. The van der Waals surface area contributed by atoms with Crippen LogP contribution in [0, 0.1) is 0 Å². The van der Waals surface area contributed by atoms with Gasteiger partial charge in [-0.3, -0.25) is 4.79 Å². The Kier molecular flexibility index (Phi) is 5.91. The lowest BCUT2D eigenvalue weighted by Crippen LogP contribution is -2.46. The monoisotopic (exact) mass is 290 g/mol. The van der Waals surface area contributed by atoms with Crippen molar-refractivity contribution in [2.75, 3.05) is 13.2 Å². The van der Waals surface area contributed by atoms with Gasteiger partial charge in [0.05, 0.1) is 13.2 Å². The van der Waals surface area contributed by atoms with Gasteiger partial charge in [0.1, 0.15) is 11.8 Å². The minimum absolute atomic E-state index is 0.131. The molecule has 0 N–H and O–H groups in total. The molecule has 19 heavy (non-hydrogen) atoms. The van der Waals surface area contributed by atoms with Gasteiger partial charge in [-0.2, -0.15) is 22.0 Å². The second-order valence-electron chi connectivity index (χ2n) is 3.11. The Morgan fingerprint density at radius 1 is 1.05 bits per heavy atom. The summed E-state index contributed by atoms with van der Waals surface area (Å²) in [6.45, 7) is 2.25. The molecule has 0 atom stereocenters. The predicted molar refractivity (Wildman–Crippen MR) is 52.4 cm³/mol. The van der Waals surface area contributed by atoms with Gasteiger partial charge in [-0.15, -0.1) is 0 Å². The minimum Gasteiger partial charge on any atom is -0.500 e. The normalized spacial score (nSPS) is 13.1. The summed E-state index contributed by atoms with van der Waals surface area (Å²) in [4.78, 5) is 22.3. The van der Waals surface area contributed by atoms with Crippen molar-refractivity contribution in [1.82, 2.24) is 0 Å². The highest BCUT2D eigenvalue weighted by atomic mass is 19.4. The molecular weight excluding hydrogens is 279 g/mol. The summed E-state index contributed by atoms with van der Waals surface area (Å²) in [6, 6.07) is 0. The lowest BCUT2D eigenvalue weighted by Gasteiger charge is -2.18. The number of esters is 1. The molecule has 0 heterocycles. The van der Waals surface area contributed by atoms with Crippen LogP contribution in [0.5, 0.6) is 0 Å². The fourth-order valence-electron chi connectivity index (χ4n) is 0.868. The quantitative estimate of drug-likeness (QED) is 0.188. The maximum atomic E-state index is 12.8. The highest BCUT2D eigenvalue weighted by molar-refractivity contribution is 6.20. The second-order valence-corrected chi connectivity index (χ2v) is 3.11. The Bertz CT molecular complexity index is 373. The summed E-state index contributed by atoms with van der Waals surface area (Å²) in [5.74, 6) is -10.0. The van der Waals surface area contributed by atoms with Crippen molar-refractivity contribution in [1.29, 1.82) is 0 Å². The Morgan fingerprint density at radius 2 is 1.58 bits per heavy atom. The maximum absolute atomic E-state index is 12.8. The van der Waals surface area contributed by atoms with E-state index in [9.17, 15) is 31.5 Å². The molecule has 0 amide bonds. The molecule has 0 rings (SSSR count). The minimum atomic E-state index is -6.11. The lowest BCUT2D eigenvalue weighted by atomic mass is 10.1. The number of hydrogen-bond donors (Lipinski definition) is 0. The van der Waals surface area contributed by atoms with Crippen molar-refractivity contribution >= 4 is 11.8 Å². The van der Waals surface area contributed by atoms with Crippen molar-refractivity contribution in [3.05, 3.63) is 11.8 Å². The standard InChI is InChI=1S/C10H11F5O4/c1-3-18-5-6(8(17)19-4-2)7(16)9(11,12)10(13,14)15/h5H,3-4H2,1-2H3. The van der Waals surface area contributed by atoms with E-state index >= 15 is 0 Å². The van der Waals surface area contributed by atoms with E-state index in [4.69, 9.17) is 0 Å². The molecule has 0 aliphatic carbocycles. The van der Waals surface area contributed by atoms with Gasteiger partial charge in [0.15, 0.2) is 0 Å². The van der Waals surface area contributed by atoms with Crippen LogP contribution in [0.2, 0.25) is 0 Å². The molecule has 9 heteroatoms. The molecule has 0 saturated heterocycles. The molecule has 0 aromatic rings. The average Bonchev–Trinajstić information content (AvgIpc) is 2.28. The number of ether oxygens (including phenoxy) is 2. The molecule has 0 aliphatic heterocycles. The highest BCUT2D eigenvalue weighted by Gasteiger charge is 2.64. The van der Waals surface area contributed by atoms with Gasteiger partial charge in [0, 0.05) is 0 Å². The van der Waals surface area contributed by atoms with E-state index < -0.39 is 29.4 Å². The Labute approximate surface area is 105 Å². The van der Waals surface area contributed by atoms with Gasteiger partial charge in [0.2, 0.25) is 0 Å². The first-order valence-electron chi connectivity index (χ1n) is 5.07. The smallest absolute Gasteiger partial charge is 0.461 e. The van der Waals surface area contributed by atoms with Crippen LogP contribution >= 0.6 is 0 Å². The van der Waals surface area contributed by atoms with Crippen molar-refractivity contribution < 1.29 is 41.0 Å². The molecule has 110 valence electrons. The van der Waals surface area contributed by atoms with E-state index in [0.717, 1.165) is 0 Å². The van der Waals surface area contributed by atoms with E-state index in [1.54, 1.807) is 0 Å². The number of halogens is 5. The number of carbonyl (C=O) groups is 2. The predicted octanol–water partition coefficient (Wildman–Crippen LogP) is 2.24. The van der Waals surface area contributed by atoms with Crippen LogP contribution < -0.4 is 0 Å². The molecule has 4 nitrogen and oxygen atoms in total. The summed E-state index contributed by atoms with van der Waals surface area (Å²) >= 11 is 0. The fourth-order valence-corrected chi connectivity index (χ4v) is 0.868. The molecule has 0 radical (unpaired) electrons. The van der Waals surface area contributed by atoms with Crippen LogP contribution in [0.3, 0.4) is 0 Å². The third-order valence-electron chi connectivity index (χ3n) is 1.75. The third-order valence-corrected chi connectivity index (χ3v) is 1.75. The average molecular weight is 290 g/mol. The molecule has 0 saturated carbocycles. The summed E-state index contributed by atoms with van der Waals surface area (Å²) < 4.78 is 70.3. The van der Waals surface area contributed by atoms with Gasteiger partial charge in [-0.05, 0) is 13.8 Å². The first-order chi connectivity index (χ1) is 8.59. The maximum Gasteiger partial charge on any atom is 0.461 e. The van der Waals surface area contributed by atoms with Crippen molar-refractivity contribution in [3.8, 4) is 0 Å². The largest absolute Gasteiger partial charge is 0.500 e. The molecule has 0 aromatic heterocycles. The van der Waals surface area contributed by atoms with Crippen molar-refractivity contribution in [2.24, 2.45) is 0 Å². The number of alkyl halides is 5. The molecular formula is C10H11F5O4. The Morgan fingerprint density at radius 3 is 1.95 bits per heavy atom. The molecule has 0 unspecified atom stereocenters. The zero-order valence-electron chi connectivity index (χ0n) is 10.0. The molecule has 0 aromatic carbocycles. The molecule has 0 spiro atoms. The van der Waals surface area contributed by atoms with E-state index in [2.05, 4.69) is 9.47 Å². The number of Topliss-reactive ketones (excluding diaryl/α,β-unsaturated/α-hetero) is 1. The van der Waals surface area contributed by atoms with Crippen LogP contribution in [-0.2, 0) is 19.1 Å². The van der Waals surface area contributed by atoms with Gasteiger partial charge in [0.25, 0.3) is 5.78 Å². The first kappa shape index (κ1) is 17.3. The summed E-state index contributed by atoms with van der Waals surface area (Å²) in [5, 5.41) is 0. The van der Waals surface area contributed by atoms with Gasteiger partial charge >= 0.3 is 18.1 Å². The van der Waals surface area contributed by atoms with E-state index in [-0.39, 0.29) is 19.5 Å². The first-order valence-corrected chi connectivity index (χ1v) is 5.07. The van der Waals surface area contributed by atoms with Crippen molar-refractivity contribution in [2.45, 2.75) is 25.9 Å². The molecule has 0 aliphatic rings. The summed E-state index contributed by atoms with van der Waals surface area (Å²) in [6.07, 6.45) is -5.87. The summed E-state index contributed by atoms with van der Waals surface area (Å²) in [5.41, 5.74) is -1.49.